The van der Waals surface area contributed by atoms with E-state index in [1.54, 1.807) is 4.68 Å². The van der Waals surface area contributed by atoms with Gasteiger partial charge in [-0.3, -0.25) is 9.48 Å². The van der Waals surface area contributed by atoms with E-state index in [-0.39, 0.29) is 11.9 Å². The monoisotopic (exact) mass is 287 g/mol. The van der Waals surface area contributed by atoms with Gasteiger partial charge < -0.3 is 5.32 Å². The van der Waals surface area contributed by atoms with E-state index in [0.717, 1.165) is 17.4 Å². The molecular weight excluding hydrogens is 270 g/mol. The summed E-state index contributed by atoms with van der Waals surface area (Å²) in [4.78, 5) is 12.0. The van der Waals surface area contributed by atoms with Gasteiger partial charge in [0.2, 0.25) is 0 Å². The summed E-state index contributed by atoms with van der Waals surface area (Å²) >= 11 is 3.38. The Kier molecular flexibility index (Phi) is 4.99. The largest absolute Gasteiger partial charge is 0.347 e. The Morgan fingerprint density at radius 2 is 2.31 bits per heavy atom. The molecule has 1 aromatic heterocycles. The average molecular weight is 288 g/mol. The number of alkyl halides is 1. The van der Waals surface area contributed by atoms with Crippen molar-refractivity contribution >= 4 is 21.8 Å². The van der Waals surface area contributed by atoms with Crippen molar-refractivity contribution < 1.29 is 4.79 Å². The molecule has 1 amide bonds. The summed E-state index contributed by atoms with van der Waals surface area (Å²) in [5.41, 5.74) is 1.51. The third kappa shape index (κ3) is 3.07. The van der Waals surface area contributed by atoms with Crippen molar-refractivity contribution in [2.45, 2.75) is 39.8 Å². The fraction of sp³-hybridized carbons (Fsp3) is 0.636. The number of nitrogens with one attached hydrogen (secondary N) is 1. The molecule has 0 fully saturated rings. The Morgan fingerprint density at radius 1 is 1.62 bits per heavy atom. The number of aromatic nitrogens is 2. The van der Waals surface area contributed by atoms with Gasteiger partial charge in [0.1, 0.15) is 5.69 Å². The van der Waals surface area contributed by atoms with Crippen LogP contribution in [0.25, 0.3) is 0 Å². The molecule has 0 saturated carbocycles. The van der Waals surface area contributed by atoms with Crippen molar-refractivity contribution in [3.05, 3.63) is 17.5 Å². The predicted octanol–water partition coefficient (Wildman–Crippen LogP) is 2.11. The second-order valence-corrected chi connectivity index (χ2v) is 4.37. The number of rotatable bonds is 5. The first-order chi connectivity index (χ1) is 7.62. The van der Waals surface area contributed by atoms with Gasteiger partial charge in [-0.1, -0.05) is 22.9 Å². The van der Waals surface area contributed by atoms with Crippen LogP contribution in [0.3, 0.4) is 0 Å². The number of nitrogens with zero attached hydrogens (tertiary/aromatic N) is 2. The zero-order valence-corrected chi connectivity index (χ0v) is 11.5. The van der Waals surface area contributed by atoms with Crippen molar-refractivity contribution in [3.8, 4) is 0 Å². The van der Waals surface area contributed by atoms with E-state index in [9.17, 15) is 4.79 Å². The molecule has 1 unspecified atom stereocenters. The minimum absolute atomic E-state index is 0.0475. The van der Waals surface area contributed by atoms with E-state index >= 15 is 0 Å². The Balaban J connectivity index is 2.79. The maximum absolute atomic E-state index is 12.0. The van der Waals surface area contributed by atoms with Gasteiger partial charge in [0, 0.05) is 17.9 Å². The van der Waals surface area contributed by atoms with Gasteiger partial charge in [0.15, 0.2) is 0 Å². The second-order valence-electron chi connectivity index (χ2n) is 3.72. The van der Waals surface area contributed by atoms with Crippen molar-refractivity contribution in [1.82, 2.24) is 15.1 Å². The van der Waals surface area contributed by atoms with Crippen LogP contribution in [-0.2, 0) is 6.54 Å². The smallest absolute Gasteiger partial charge is 0.269 e. The van der Waals surface area contributed by atoms with Gasteiger partial charge in [-0.2, -0.15) is 5.10 Å². The van der Waals surface area contributed by atoms with Crippen molar-refractivity contribution in [3.63, 3.8) is 0 Å². The van der Waals surface area contributed by atoms with E-state index in [1.807, 2.05) is 19.9 Å². The van der Waals surface area contributed by atoms with E-state index in [4.69, 9.17) is 0 Å². The van der Waals surface area contributed by atoms with Gasteiger partial charge in [-0.05, 0) is 26.3 Å². The van der Waals surface area contributed by atoms with E-state index in [1.165, 1.54) is 0 Å². The normalized spacial score (nSPS) is 12.5. The molecule has 1 atom stereocenters. The minimum Gasteiger partial charge on any atom is -0.347 e. The van der Waals surface area contributed by atoms with Gasteiger partial charge in [-0.25, -0.2) is 0 Å². The SMILES string of the molecule is CCC(CBr)NC(=O)c1cc(C)nn1CC. The number of aryl methyl sites for hydroxylation is 2. The lowest BCUT2D eigenvalue weighted by molar-refractivity contribution is 0.0929. The standard InChI is InChI=1S/C11H18BrN3O/c1-4-9(7-12)13-11(16)10-6-8(3)14-15(10)5-2/h6,9H,4-5,7H2,1-3H3,(H,13,16). The molecule has 1 rings (SSSR count). The number of halogens is 1. The lowest BCUT2D eigenvalue weighted by Gasteiger charge is -2.14. The molecule has 0 saturated heterocycles. The summed E-state index contributed by atoms with van der Waals surface area (Å²) in [6.45, 7) is 6.63. The van der Waals surface area contributed by atoms with Gasteiger partial charge >= 0.3 is 0 Å². The topological polar surface area (TPSA) is 46.9 Å². The van der Waals surface area contributed by atoms with Crippen molar-refractivity contribution in [1.29, 1.82) is 0 Å². The lowest BCUT2D eigenvalue weighted by Crippen LogP contribution is -2.36. The highest BCUT2D eigenvalue weighted by atomic mass is 79.9. The molecule has 0 aliphatic rings. The van der Waals surface area contributed by atoms with Crippen molar-refractivity contribution in [2.24, 2.45) is 0 Å². The molecule has 16 heavy (non-hydrogen) atoms. The molecule has 0 aromatic carbocycles. The third-order valence-corrected chi connectivity index (χ3v) is 3.23. The summed E-state index contributed by atoms with van der Waals surface area (Å²) in [7, 11) is 0. The summed E-state index contributed by atoms with van der Waals surface area (Å²) in [5.74, 6) is -0.0475. The maximum Gasteiger partial charge on any atom is 0.269 e. The molecule has 5 heteroatoms. The first-order valence-corrected chi connectivity index (χ1v) is 6.65. The van der Waals surface area contributed by atoms with Crippen LogP contribution in [0.1, 0.15) is 36.5 Å². The first kappa shape index (κ1) is 13.2. The van der Waals surface area contributed by atoms with Gasteiger partial charge in [0.25, 0.3) is 5.91 Å². The second kappa shape index (κ2) is 6.03. The summed E-state index contributed by atoms with van der Waals surface area (Å²) in [6, 6.07) is 1.99. The first-order valence-electron chi connectivity index (χ1n) is 5.53. The number of hydrogen-bond donors (Lipinski definition) is 1. The molecule has 4 nitrogen and oxygen atoms in total. The Labute approximate surface area is 105 Å². The minimum atomic E-state index is -0.0475. The summed E-state index contributed by atoms with van der Waals surface area (Å²) < 4.78 is 1.73. The molecule has 1 N–H and O–H groups in total. The van der Waals surface area contributed by atoms with Gasteiger partial charge in [-0.15, -0.1) is 0 Å². The highest BCUT2D eigenvalue weighted by molar-refractivity contribution is 9.09. The Bertz CT molecular complexity index is 358. The van der Waals surface area contributed by atoms with E-state index < -0.39 is 0 Å². The number of carbonyl (C=O) groups excluding carboxylic acids is 1. The quantitative estimate of drug-likeness (QED) is 0.844. The zero-order chi connectivity index (χ0) is 12.1. The van der Waals surface area contributed by atoms with Crippen LogP contribution in [0.2, 0.25) is 0 Å². The lowest BCUT2D eigenvalue weighted by atomic mass is 10.2. The average Bonchev–Trinajstić information content (AvgIpc) is 2.67. The highest BCUT2D eigenvalue weighted by Crippen LogP contribution is 2.05. The van der Waals surface area contributed by atoms with Crippen LogP contribution < -0.4 is 5.32 Å². The third-order valence-electron chi connectivity index (χ3n) is 2.45. The molecule has 90 valence electrons. The molecule has 0 spiro atoms. The van der Waals surface area contributed by atoms with Crippen LogP contribution in [-0.4, -0.2) is 27.1 Å². The Morgan fingerprint density at radius 3 is 2.81 bits per heavy atom. The van der Waals surface area contributed by atoms with Crippen molar-refractivity contribution in [2.75, 3.05) is 5.33 Å². The van der Waals surface area contributed by atoms with Gasteiger partial charge in [0.05, 0.1) is 5.69 Å². The fourth-order valence-electron chi connectivity index (χ4n) is 1.48. The maximum atomic E-state index is 12.0. The Hall–Kier alpha value is -0.840. The molecular formula is C11H18BrN3O. The molecule has 0 bridgehead atoms. The zero-order valence-electron chi connectivity index (χ0n) is 9.96. The predicted molar refractivity (Wildman–Crippen MR) is 68.0 cm³/mol. The fourth-order valence-corrected chi connectivity index (χ4v) is 2.10. The van der Waals surface area contributed by atoms with Crippen LogP contribution in [0.4, 0.5) is 0 Å². The number of amides is 1. The van der Waals surface area contributed by atoms with E-state index in [2.05, 4.69) is 33.3 Å². The molecule has 0 radical (unpaired) electrons. The molecule has 0 aliphatic carbocycles. The van der Waals surface area contributed by atoms with Crippen LogP contribution in [0.15, 0.2) is 6.07 Å². The molecule has 0 aliphatic heterocycles. The summed E-state index contributed by atoms with van der Waals surface area (Å²) in [6.07, 6.45) is 0.913. The highest BCUT2D eigenvalue weighted by Gasteiger charge is 2.15. The van der Waals surface area contributed by atoms with E-state index in [0.29, 0.717) is 12.2 Å². The summed E-state index contributed by atoms with van der Waals surface area (Å²) in [5, 5.41) is 8.00. The number of hydrogen-bond acceptors (Lipinski definition) is 2. The molecule has 1 heterocycles. The van der Waals surface area contributed by atoms with Crippen LogP contribution in [0, 0.1) is 6.92 Å². The van der Waals surface area contributed by atoms with Crippen LogP contribution in [0.5, 0.6) is 0 Å². The number of carbonyl (C=O) groups is 1. The molecule has 1 aromatic rings. The van der Waals surface area contributed by atoms with Crippen LogP contribution >= 0.6 is 15.9 Å².